The Bertz CT molecular complexity index is 558. The molecule has 1 aliphatic carbocycles. The quantitative estimate of drug-likeness (QED) is 0.777. The minimum absolute atomic E-state index is 0.0725. The summed E-state index contributed by atoms with van der Waals surface area (Å²) in [6.45, 7) is 13.1. The Morgan fingerprint density at radius 3 is 2.23 bits per heavy atom. The topological polar surface area (TPSA) is 38.8 Å². The molecule has 1 saturated heterocycles. The average Bonchev–Trinajstić information content (AvgIpc) is 3.49. The van der Waals surface area contributed by atoms with E-state index in [9.17, 15) is 4.79 Å². The van der Waals surface area contributed by atoms with Gasteiger partial charge in [-0.3, -0.25) is 9.80 Å². The number of carbonyl (C=O) groups excluding carboxylic acids is 1. The molecular weight excluding hydrogens is 324 g/mol. The van der Waals surface area contributed by atoms with Crippen LogP contribution in [0.15, 0.2) is 24.3 Å². The average molecular weight is 359 g/mol. The lowest BCUT2D eigenvalue weighted by Gasteiger charge is -2.34. The fourth-order valence-corrected chi connectivity index (χ4v) is 3.56. The van der Waals surface area contributed by atoms with Crippen LogP contribution in [0.3, 0.4) is 0 Å². The molecule has 5 heteroatoms. The van der Waals surface area contributed by atoms with E-state index in [-0.39, 0.29) is 6.03 Å². The van der Waals surface area contributed by atoms with Crippen LogP contribution in [0, 0.1) is 5.92 Å². The van der Waals surface area contributed by atoms with Crippen molar-refractivity contribution >= 4 is 6.03 Å². The summed E-state index contributed by atoms with van der Waals surface area (Å²) < 4.78 is 0. The number of nitrogens with one attached hydrogen (secondary N) is 1. The third kappa shape index (κ3) is 5.71. The number of benzene rings is 1. The minimum atomic E-state index is 0.0725. The largest absolute Gasteiger partial charge is 0.334 e. The third-order valence-corrected chi connectivity index (χ3v) is 5.64. The van der Waals surface area contributed by atoms with E-state index in [0.717, 1.165) is 57.3 Å². The number of hydrogen-bond donors (Lipinski definition) is 1. The van der Waals surface area contributed by atoms with E-state index in [1.807, 2.05) is 4.90 Å². The molecule has 2 amide bonds. The highest BCUT2D eigenvalue weighted by Crippen LogP contribution is 2.29. The monoisotopic (exact) mass is 358 g/mol. The van der Waals surface area contributed by atoms with Gasteiger partial charge in [-0.25, -0.2) is 4.79 Å². The zero-order valence-corrected chi connectivity index (χ0v) is 16.4. The van der Waals surface area contributed by atoms with Gasteiger partial charge in [0.05, 0.1) is 0 Å². The van der Waals surface area contributed by atoms with Crippen LogP contribution in [0.25, 0.3) is 0 Å². The van der Waals surface area contributed by atoms with E-state index in [1.54, 1.807) is 0 Å². The summed E-state index contributed by atoms with van der Waals surface area (Å²) in [5.41, 5.74) is 2.49. The van der Waals surface area contributed by atoms with Crippen LogP contribution in [0.5, 0.6) is 0 Å². The predicted octanol–water partition coefficient (Wildman–Crippen LogP) is 2.77. The molecule has 26 heavy (non-hydrogen) atoms. The summed E-state index contributed by atoms with van der Waals surface area (Å²) in [4.78, 5) is 19.3. The lowest BCUT2D eigenvalue weighted by Crippen LogP contribution is -2.51. The van der Waals surface area contributed by atoms with Crippen LogP contribution in [0.1, 0.15) is 37.8 Å². The molecular formula is C21H34N4O. The summed E-state index contributed by atoms with van der Waals surface area (Å²) in [7, 11) is 0. The molecule has 1 aromatic carbocycles. The third-order valence-electron chi connectivity index (χ3n) is 5.64. The summed E-state index contributed by atoms with van der Waals surface area (Å²) in [5, 5.41) is 3.08. The van der Waals surface area contributed by atoms with Gasteiger partial charge in [-0.2, -0.15) is 0 Å². The summed E-state index contributed by atoms with van der Waals surface area (Å²) in [6.07, 6.45) is 2.79. The highest BCUT2D eigenvalue weighted by Gasteiger charge is 2.27. The number of urea groups is 1. The van der Waals surface area contributed by atoms with Crippen molar-refractivity contribution in [2.24, 2.45) is 5.92 Å². The Kier molecular flexibility index (Phi) is 6.92. The van der Waals surface area contributed by atoms with Crippen LogP contribution >= 0.6 is 0 Å². The van der Waals surface area contributed by atoms with E-state index >= 15 is 0 Å². The van der Waals surface area contributed by atoms with Gasteiger partial charge in [-0.1, -0.05) is 38.1 Å². The molecule has 1 aromatic rings. The number of rotatable bonds is 8. The van der Waals surface area contributed by atoms with E-state index in [4.69, 9.17) is 0 Å². The van der Waals surface area contributed by atoms with Crippen LogP contribution in [0.2, 0.25) is 0 Å². The molecule has 1 saturated carbocycles. The van der Waals surface area contributed by atoms with Crippen molar-refractivity contribution in [3.8, 4) is 0 Å². The fraction of sp³-hybridized carbons (Fsp3) is 0.667. The molecule has 0 spiro atoms. The minimum Gasteiger partial charge on any atom is -0.334 e. The van der Waals surface area contributed by atoms with Crippen LogP contribution in [-0.4, -0.2) is 66.5 Å². The van der Waals surface area contributed by atoms with Crippen LogP contribution in [0.4, 0.5) is 4.79 Å². The number of hydrogen-bond acceptors (Lipinski definition) is 3. The van der Waals surface area contributed by atoms with Crippen molar-refractivity contribution in [1.82, 2.24) is 20.0 Å². The molecule has 2 aliphatic rings. The van der Waals surface area contributed by atoms with Gasteiger partial charge in [0.15, 0.2) is 0 Å². The first kappa shape index (κ1) is 19.2. The molecule has 1 N–H and O–H groups in total. The highest BCUT2D eigenvalue weighted by atomic mass is 16.2. The number of carbonyl (C=O) groups is 1. The Balaban J connectivity index is 1.38. The Labute approximate surface area is 158 Å². The molecule has 0 bridgehead atoms. The van der Waals surface area contributed by atoms with Crippen molar-refractivity contribution < 1.29 is 4.79 Å². The molecule has 3 rings (SSSR count). The van der Waals surface area contributed by atoms with Crippen LogP contribution in [-0.2, 0) is 13.1 Å². The zero-order valence-electron chi connectivity index (χ0n) is 16.4. The summed E-state index contributed by atoms with van der Waals surface area (Å²) in [5.74, 6) is 0.931. The van der Waals surface area contributed by atoms with E-state index < -0.39 is 0 Å². The van der Waals surface area contributed by atoms with Crippen molar-refractivity contribution in [2.75, 3.05) is 45.8 Å². The first-order valence-corrected chi connectivity index (χ1v) is 10.2. The van der Waals surface area contributed by atoms with Gasteiger partial charge in [0, 0.05) is 45.8 Å². The fourth-order valence-electron chi connectivity index (χ4n) is 3.56. The second kappa shape index (κ2) is 9.38. The first-order valence-electron chi connectivity index (χ1n) is 10.2. The molecule has 5 nitrogen and oxygen atoms in total. The molecule has 1 aliphatic heterocycles. The van der Waals surface area contributed by atoms with Crippen molar-refractivity contribution in [1.29, 1.82) is 0 Å². The van der Waals surface area contributed by atoms with E-state index in [1.165, 1.54) is 24.9 Å². The molecule has 1 heterocycles. The lowest BCUT2D eigenvalue weighted by molar-refractivity contribution is 0.136. The number of nitrogens with zero attached hydrogens (tertiary/aromatic N) is 3. The van der Waals surface area contributed by atoms with E-state index in [2.05, 4.69) is 53.2 Å². The van der Waals surface area contributed by atoms with Gasteiger partial charge in [0.1, 0.15) is 0 Å². The number of piperazine rings is 1. The number of amides is 2. The van der Waals surface area contributed by atoms with Gasteiger partial charge >= 0.3 is 6.03 Å². The Morgan fingerprint density at radius 1 is 1.04 bits per heavy atom. The lowest BCUT2D eigenvalue weighted by atomic mass is 10.1. The normalized spacial score (nSPS) is 18.3. The van der Waals surface area contributed by atoms with E-state index in [0.29, 0.717) is 6.54 Å². The second-order valence-electron chi connectivity index (χ2n) is 7.67. The second-order valence-corrected chi connectivity index (χ2v) is 7.67. The van der Waals surface area contributed by atoms with Crippen molar-refractivity contribution in [3.63, 3.8) is 0 Å². The van der Waals surface area contributed by atoms with Gasteiger partial charge in [0.25, 0.3) is 0 Å². The van der Waals surface area contributed by atoms with Crippen molar-refractivity contribution in [3.05, 3.63) is 35.4 Å². The predicted molar refractivity (Wildman–Crippen MR) is 106 cm³/mol. The molecule has 0 aromatic heterocycles. The Hall–Kier alpha value is -1.59. The maximum atomic E-state index is 12.4. The summed E-state index contributed by atoms with van der Waals surface area (Å²) >= 11 is 0. The van der Waals surface area contributed by atoms with Gasteiger partial charge in [0.2, 0.25) is 0 Å². The maximum absolute atomic E-state index is 12.4. The SMILES string of the molecule is CCN(CC)Cc1ccc(CNC(=O)N2CCN(CC3CC3)CC2)cc1. The Morgan fingerprint density at radius 2 is 1.65 bits per heavy atom. The highest BCUT2D eigenvalue weighted by molar-refractivity contribution is 5.74. The molecule has 144 valence electrons. The molecule has 2 fully saturated rings. The zero-order chi connectivity index (χ0) is 18.4. The smallest absolute Gasteiger partial charge is 0.317 e. The van der Waals surface area contributed by atoms with Gasteiger partial charge in [-0.05, 0) is 43.0 Å². The standard InChI is InChI=1S/C21H34N4O/c1-3-23(4-2)16-19-7-5-18(6-8-19)15-22-21(26)25-13-11-24(12-14-25)17-20-9-10-20/h5-8,20H,3-4,9-17H2,1-2H3,(H,22,26). The first-order chi connectivity index (χ1) is 12.7. The molecule has 0 atom stereocenters. The van der Waals surface area contributed by atoms with Gasteiger partial charge in [-0.15, -0.1) is 0 Å². The van der Waals surface area contributed by atoms with Crippen LogP contribution < -0.4 is 5.32 Å². The maximum Gasteiger partial charge on any atom is 0.317 e. The van der Waals surface area contributed by atoms with Crippen molar-refractivity contribution in [2.45, 2.75) is 39.8 Å². The summed E-state index contributed by atoms with van der Waals surface area (Å²) in [6, 6.07) is 8.69. The van der Waals surface area contributed by atoms with Gasteiger partial charge < -0.3 is 10.2 Å². The molecule has 0 radical (unpaired) electrons. The molecule has 0 unspecified atom stereocenters.